The number of anilines is 4. The molecule has 0 spiro atoms. The molecule has 0 saturated carbocycles. The molecular formula is C16H19BrFN5. The van der Waals surface area contributed by atoms with Gasteiger partial charge in [0.05, 0.1) is 5.69 Å². The van der Waals surface area contributed by atoms with E-state index in [2.05, 4.69) is 43.0 Å². The number of nitrogens with one attached hydrogen (secondary N) is 1. The summed E-state index contributed by atoms with van der Waals surface area (Å²) in [4.78, 5) is 10.7. The number of aromatic nitrogens is 2. The number of nitrogens with two attached hydrogens (primary N) is 1. The Kier molecular flexibility index (Phi) is 4.66. The molecule has 122 valence electrons. The molecule has 1 unspecified atom stereocenters. The molecule has 2 aromatic rings. The minimum atomic E-state index is -0.370. The molecule has 3 N–H and O–H groups in total. The van der Waals surface area contributed by atoms with Gasteiger partial charge in [-0.1, -0.05) is 15.9 Å². The summed E-state index contributed by atoms with van der Waals surface area (Å²) in [5, 5.41) is 2.96. The third-order valence-corrected chi connectivity index (χ3v) is 4.62. The first-order valence-corrected chi connectivity index (χ1v) is 8.44. The van der Waals surface area contributed by atoms with Crippen molar-refractivity contribution in [2.24, 2.45) is 0 Å². The predicted molar refractivity (Wildman–Crippen MR) is 94.5 cm³/mol. The maximum absolute atomic E-state index is 14.0. The van der Waals surface area contributed by atoms with Crippen LogP contribution in [0.4, 0.5) is 27.4 Å². The first kappa shape index (κ1) is 16.0. The number of piperidine rings is 1. The normalized spacial score (nSPS) is 18.0. The summed E-state index contributed by atoms with van der Waals surface area (Å²) >= 11 is 3.24. The van der Waals surface area contributed by atoms with Crippen molar-refractivity contribution in [1.82, 2.24) is 9.97 Å². The first-order valence-electron chi connectivity index (χ1n) is 7.65. The van der Waals surface area contributed by atoms with E-state index in [1.165, 1.54) is 18.8 Å². The van der Waals surface area contributed by atoms with Gasteiger partial charge in [0, 0.05) is 17.1 Å². The van der Waals surface area contributed by atoms with Gasteiger partial charge in [-0.25, -0.2) is 14.4 Å². The van der Waals surface area contributed by atoms with Crippen LogP contribution in [0.2, 0.25) is 0 Å². The molecule has 1 atom stereocenters. The Hall–Kier alpha value is -1.89. The lowest BCUT2D eigenvalue weighted by Gasteiger charge is -2.35. The maximum Gasteiger partial charge on any atom is 0.159 e. The van der Waals surface area contributed by atoms with Gasteiger partial charge in [0.2, 0.25) is 0 Å². The van der Waals surface area contributed by atoms with E-state index in [1.54, 1.807) is 12.1 Å². The largest absolute Gasteiger partial charge is 0.393 e. The summed E-state index contributed by atoms with van der Waals surface area (Å²) in [7, 11) is 0. The third-order valence-electron chi connectivity index (χ3n) is 4.12. The SMILES string of the molecule is CC1CCCCN1c1ncnc(Nc2ccc(Br)cc2F)c1N. The van der Waals surface area contributed by atoms with Gasteiger partial charge >= 0.3 is 0 Å². The Balaban J connectivity index is 1.90. The molecule has 1 aromatic carbocycles. The molecule has 1 aromatic heterocycles. The van der Waals surface area contributed by atoms with Crippen LogP contribution in [0, 0.1) is 5.82 Å². The number of rotatable bonds is 3. The van der Waals surface area contributed by atoms with Gasteiger partial charge in [0.15, 0.2) is 11.6 Å². The zero-order chi connectivity index (χ0) is 16.4. The van der Waals surface area contributed by atoms with Crippen LogP contribution in [0.25, 0.3) is 0 Å². The average Bonchev–Trinajstić information content (AvgIpc) is 2.53. The molecule has 3 rings (SSSR count). The fourth-order valence-corrected chi connectivity index (χ4v) is 3.18. The highest BCUT2D eigenvalue weighted by Gasteiger charge is 2.23. The molecule has 0 aliphatic carbocycles. The molecule has 7 heteroatoms. The standard InChI is InChI=1S/C16H19BrFN5/c1-10-4-2-3-7-23(10)16-14(19)15(20-9-21-16)22-13-6-5-11(17)8-12(13)18/h5-6,8-10H,2-4,7,19H2,1H3,(H,20,21,22). The fraction of sp³-hybridized carbons (Fsp3) is 0.375. The molecule has 1 saturated heterocycles. The Morgan fingerprint density at radius 1 is 1.35 bits per heavy atom. The van der Waals surface area contributed by atoms with E-state index in [0.717, 1.165) is 19.4 Å². The van der Waals surface area contributed by atoms with Crippen LogP contribution >= 0.6 is 15.9 Å². The molecule has 0 radical (unpaired) electrons. The van der Waals surface area contributed by atoms with E-state index in [1.807, 2.05) is 0 Å². The number of hydrogen-bond acceptors (Lipinski definition) is 5. The van der Waals surface area contributed by atoms with Crippen LogP contribution in [0.1, 0.15) is 26.2 Å². The number of nitrogens with zero attached hydrogens (tertiary/aromatic N) is 3. The zero-order valence-electron chi connectivity index (χ0n) is 12.9. The molecule has 1 aliphatic heterocycles. The van der Waals surface area contributed by atoms with Crippen molar-refractivity contribution in [3.63, 3.8) is 0 Å². The molecule has 2 heterocycles. The lowest BCUT2D eigenvalue weighted by Crippen LogP contribution is -2.38. The Bertz CT molecular complexity index is 709. The van der Waals surface area contributed by atoms with Crippen LogP contribution in [0.3, 0.4) is 0 Å². The van der Waals surface area contributed by atoms with Gasteiger partial charge in [-0.05, 0) is 44.4 Å². The van der Waals surface area contributed by atoms with Crippen molar-refractivity contribution in [1.29, 1.82) is 0 Å². The lowest BCUT2D eigenvalue weighted by molar-refractivity contribution is 0.481. The number of nitrogen functional groups attached to an aromatic ring is 1. The van der Waals surface area contributed by atoms with E-state index >= 15 is 0 Å². The van der Waals surface area contributed by atoms with Crippen LogP contribution in [0.5, 0.6) is 0 Å². The third kappa shape index (κ3) is 3.39. The van der Waals surface area contributed by atoms with Gasteiger partial charge in [0.1, 0.15) is 17.8 Å². The molecular weight excluding hydrogens is 361 g/mol. The zero-order valence-corrected chi connectivity index (χ0v) is 14.5. The highest BCUT2D eigenvalue weighted by Crippen LogP contribution is 2.33. The van der Waals surface area contributed by atoms with E-state index < -0.39 is 0 Å². The minimum Gasteiger partial charge on any atom is -0.393 e. The van der Waals surface area contributed by atoms with Crippen molar-refractivity contribution in [3.05, 3.63) is 34.8 Å². The Morgan fingerprint density at radius 2 is 2.17 bits per heavy atom. The summed E-state index contributed by atoms with van der Waals surface area (Å²) in [6.45, 7) is 3.09. The molecule has 0 amide bonds. The van der Waals surface area contributed by atoms with Gasteiger partial charge in [-0.2, -0.15) is 0 Å². The first-order chi connectivity index (χ1) is 11.1. The smallest absolute Gasteiger partial charge is 0.159 e. The quantitative estimate of drug-likeness (QED) is 0.840. The molecule has 1 aliphatic rings. The van der Waals surface area contributed by atoms with Crippen LogP contribution < -0.4 is 16.0 Å². The van der Waals surface area contributed by atoms with E-state index in [0.29, 0.717) is 33.5 Å². The topological polar surface area (TPSA) is 67.1 Å². The van der Waals surface area contributed by atoms with Crippen LogP contribution in [0.15, 0.2) is 29.0 Å². The maximum atomic E-state index is 14.0. The summed E-state index contributed by atoms with van der Waals surface area (Å²) in [5.74, 6) is 0.770. The molecule has 0 bridgehead atoms. The van der Waals surface area contributed by atoms with Gasteiger partial charge in [0.25, 0.3) is 0 Å². The molecule has 23 heavy (non-hydrogen) atoms. The summed E-state index contributed by atoms with van der Waals surface area (Å²) in [6, 6.07) is 5.19. The average molecular weight is 380 g/mol. The van der Waals surface area contributed by atoms with E-state index in [4.69, 9.17) is 5.73 Å². The van der Waals surface area contributed by atoms with Crippen molar-refractivity contribution >= 4 is 38.9 Å². The van der Waals surface area contributed by atoms with Crippen LogP contribution in [-0.4, -0.2) is 22.6 Å². The Morgan fingerprint density at radius 3 is 2.91 bits per heavy atom. The Labute approximate surface area is 143 Å². The van der Waals surface area contributed by atoms with Gasteiger partial charge in [-0.3, -0.25) is 0 Å². The molecule has 5 nitrogen and oxygen atoms in total. The van der Waals surface area contributed by atoms with Crippen LogP contribution in [-0.2, 0) is 0 Å². The number of benzene rings is 1. The van der Waals surface area contributed by atoms with E-state index in [-0.39, 0.29) is 5.82 Å². The minimum absolute atomic E-state index is 0.330. The number of halogens is 2. The highest BCUT2D eigenvalue weighted by molar-refractivity contribution is 9.10. The summed E-state index contributed by atoms with van der Waals surface area (Å²) in [5.41, 5.74) is 7.02. The summed E-state index contributed by atoms with van der Waals surface area (Å²) in [6.07, 6.45) is 4.93. The number of hydrogen-bond donors (Lipinski definition) is 2. The fourth-order valence-electron chi connectivity index (χ4n) is 2.85. The van der Waals surface area contributed by atoms with Crippen molar-refractivity contribution in [2.45, 2.75) is 32.2 Å². The van der Waals surface area contributed by atoms with Crippen molar-refractivity contribution in [2.75, 3.05) is 22.5 Å². The van der Waals surface area contributed by atoms with Gasteiger partial charge < -0.3 is 16.0 Å². The second-order valence-corrected chi connectivity index (χ2v) is 6.66. The van der Waals surface area contributed by atoms with Crippen molar-refractivity contribution in [3.8, 4) is 0 Å². The van der Waals surface area contributed by atoms with E-state index in [9.17, 15) is 4.39 Å². The van der Waals surface area contributed by atoms with Gasteiger partial charge in [-0.15, -0.1) is 0 Å². The second-order valence-electron chi connectivity index (χ2n) is 5.75. The highest BCUT2D eigenvalue weighted by atomic mass is 79.9. The monoisotopic (exact) mass is 379 g/mol. The summed E-state index contributed by atoms with van der Waals surface area (Å²) < 4.78 is 14.7. The predicted octanol–water partition coefficient (Wildman–Crippen LogP) is 4.08. The van der Waals surface area contributed by atoms with Crippen molar-refractivity contribution < 1.29 is 4.39 Å². The molecule has 1 fully saturated rings. The second kappa shape index (κ2) is 6.70. The lowest BCUT2D eigenvalue weighted by atomic mass is 10.0.